The molecule has 0 fully saturated rings. The van der Waals surface area contributed by atoms with Gasteiger partial charge in [0.05, 0.1) is 0 Å². The minimum absolute atomic E-state index is 0.833. The molecule has 34 valence electrons. The Hall–Kier alpha value is -1.04. The van der Waals surface area contributed by atoms with Gasteiger partial charge in [0.2, 0.25) is 0 Å². The molecule has 0 spiro atoms. The van der Waals surface area contributed by atoms with Gasteiger partial charge >= 0.3 is 0 Å². The lowest BCUT2D eigenvalue weighted by molar-refractivity contribution is -0.134. The number of hydrogen-bond donors (Lipinski definition) is 1. The highest BCUT2D eigenvalue weighted by Gasteiger charge is 1.65. The molecule has 0 aromatic carbocycles. The van der Waals surface area contributed by atoms with E-state index in [1.54, 1.807) is 0 Å². The molecule has 1 N–H and O–H groups in total. The van der Waals surface area contributed by atoms with E-state index in [0.29, 0.717) is 0 Å². The number of aliphatic carboxylic acids is 1. The van der Waals surface area contributed by atoms with Crippen LogP contribution in [0.5, 0.6) is 0 Å². The van der Waals surface area contributed by atoms with Gasteiger partial charge < -0.3 is 5.11 Å². The summed E-state index contributed by atoms with van der Waals surface area (Å²) in [5, 5.41) is 14.4. The summed E-state index contributed by atoms with van der Waals surface area (Å²) in [5.74, 6) is -0.833. The summed E-state index contributed by atoms with van der Waals surface area (Å²) in [5.41, 5.74) is 0. The summed E-state index contributed by atoms with van der Waals surface area (Å²) in [6, 6.07) is 0. The second-order valence-electron chi connectivity index (χ2n) is 0.519. The molecule has 0 aromatic heterocycles. The van der Waals surface area contributed by atoms with Crippen LogP contribution in [0.15, 0.2) is 0 Å². The number of carbonyl (C=O) groups is 1. The Bertz CT molecular complexity index is 81.4. The van der Waals surface area contributed by atoms with Gasteiger partial charge in [0.15, 0.2) is 1.37 Å². The van der Waals surface area contributed by atoms with Crippen LogP contribution in [0.2, 0.25) is 0 Å². The van der Waals surface area contributed by atoms with Crippen molar-refractivity contribution < 1.29 is 11.3 Å². The van der Waals surface area contributed by atoms with Gasteiger partial charge in [0, 0.05) is 13.5 Å². The third kappa shape index (κ3) is 10.5. The molecule has 0 aliphatic carbocycles. The Morgan fingerprint density at radius 3 is 2.33 bits per heavy atom. The van der Waals surface area contributed by atoms with Crippen LogP contribution >= 0.6 is 0 Å². The fraction of sp³-hybridized carbons (Fsp3) is 0.333. The van der Waals surface area contributed by atoms with Gasteiger partial charge in [-0.3, -0.25) is 4.79 Å². The first-order chi connectivity index (χ1) is 3.15. The molecule has 0 bridgehead atoms. The van der Waals surface area contributed by atoms with Crippen molar-refractivity contribution in [1.29, 1.82) is 5.26 Å². The SMILES string of the molecule is CC(=O)O.[3H]C#N. The monoisotopic (exact) mass is 89.0 g/mol. The van der Waals surface area contributed by atoms with Gasteiger partial charge in [0.25, 0.3) is 5.97 Å². The lowest BCUT2D eigenvalue weighted by Crippen LogP contribution is -1.78. The quantitative estimate of drug-likeness (QED) is 0.462. The summed E-state index contributed by atoms with van der Waals surface area (Å²) >= 11 is 0. The number of nitrogens with zero attached hydrogens (tertiary/aromatic N) is 1. The van der Waals surface area contributed by atoms with Crippen LogP contribution in [0.4, 0.5) is 0 Å². The second kappa shape index (κ2) is 9.03. The van der Waals surface area contributed by atoms with E-state index >= 15 is 0 Å². The molecule has 6 heavy (non-hydrogen) atoms. The van der Waals surface area contributed by atoms with Crippen molar-refractivity contribution in [3.8, 4) is 6.55 Å². The molecule has 0 aromatic rings. The molecule has 0 aliphatic heterocycles. The van der Waals surface area contributed by atoms with E-state index in [9.17, 15) is 0 Å². The molecule has 0 radical (unpaired) electrons. The molecule has 0 heterocycles. The van der Waals surface area contributed by atoms with Gasteiger partial charge in [-0.25, -0.2) is 5.26 Å². The molecule has 0 saturated heterocycles. The Kier molecular flexibility index (Phi) is 7.47. The second-order valence-corrected chi connectivity index (χ2v) is 0.519. The number of carboxylic acids is 1. The Labute approximate surface area is 37.2 Å². The summed E-state index contributed by atoms with van der Waals surface area (Å²) in [6.07, 6.45) is 0. The molecular formula is C3H5NO2. The van der Waals surface area contributed by atoms with Crippen LogP contribution in [0.3, 0.4) is 0 Å². The normalized spacial score (nSPS) is 5.67. The highest BCUT2D eigenvalue weighted by atomic mass is 16.4. The van der Waals surface area contributed by atoms with Gasteiger partial charge in [-0.15, -0.1) is 0 Å². The third-order valence-corrected chi connectivity index (χ3v) is 0. The number of hydrogen-bond acceptors (Lipinski definition) is 2. The van der Waals surface area contributed by atoms with Crippen molar-refractivity contribution in [2.24, 2.45) is 0 Å². The van der Waals surface area contributed by atoms with E-state index < -0.39 is 5.97 Å². The van der Waals surface area contributed by atoms with Gasteiger partial charge in [-0.2, -0.15) is 0 Å². The predicted octanol–water partition coefficient (Wildman–Crippen LogP) is 0.231. The van der Waals surface area contributed by atoms with Gasteiger partial charge in [-0.05, 0) is 0 Å². The molecule has 0 amide bonds. The van der Waals surface area contributed by atoms with E-state index in [-0.39, 0.29) is 0 Å². The topological polar surface area (TPSA) is 61.1 Å². The molecule has 0 saturated carbocycles. The summed E-state index contributed by atoms with van der Waals surface area (Å²) in [6.45, 7) is 2.08. The van der Waals surface area contributed by atoms with Gasteiger partial charge in [-0.1, -0.05) is 0 Å². The van der Waals surface area contributed by atoms with Crippen molar-refractivity contribution in [3.63, 3.8) is 0 Å². The lowest BCUT2D eigenvalue weighted by Gasteiger charge is -1.59. The van der Waals surface area contributed by atoms with Crippen molar-refractivity contribution in [2.75, 3.05) is 0 Å². The summed E-state index contributed by atoms with van der Waals surface area (Å²) in [7, 11) is 0. The smallest absolute Gasteiger partial charge is 0.300 e. The maximum Gasteiger partial charge on any atom is 0.300 e. The largest absolute Gasteiger partial charge is 0.481 e. The molecule has 0 rings (SSSR count). The number of rotatable bonds is 0. The van der Waals surface area contributed by atoms with Crippen LogP contribution in [0.25, 0.3) is 0 Å². The van der Waals surface area contributed by atoms with E-state index in [1.165, 1.54) is 0 Å². The maximum atomic E-state index is 9.00. The molecule has 3 nitrogen and oxygen atoms in total. The number of carboxylic acid groups (broad SMARTS) is 1. The van der Waals surface area contributed by atoms with Crippen molar-refractivity contribution in [1.82, 2.24) is 0 Å². The fourth-order valence-corrected chi connectivity index (χ4v) is 0. The van der Waals surface area contributed by atoms with Gasteiger partial charge in [0.1, 0.15) is 0 Å². The Balaban J connectivity index is 0. The minimum Gasteiger partial charge on any atom is -0.481 e. The fourth-order valence-electron chi connectivity index (χ4n) is 0. The van der Waals surface area contributed by atoms with Crippen LogP contribution in [0, 0.1) is 11.8 Å². The van der Waals surface area contributed by atoms with Crippen LogP contribution < -0.4 is 0 Å². The van der Waals surface area contributed by atoms with E-state index in [1.807, 2.05) is 0 Å². The molecular weight excluding hydrogens is 82.0 g/mol. The average Bonchev–Trinajstić information content (AvgIpc) is 1.33. The minimum atomic E-state index is -0.833. The molecule has 0 unspecified atom stereocenters. The van der Waals surface area contributed by atoms with Crippen molar-refractivity contribution in [2.45, 2.75) is 6.92 Å². The molecule has 3 heteroatoms. The zero-order valence-corrected chi connectivity index (χ0v) is 3.30. The van der Waals surface area contributed by atoms with Crippen LogP contribution in [-0.4, -0.2) is 11.1 Å². The van der Waals surface area contributed by atoms with E-state index in [0.717, 1.165) is 13.5 Å². The zero-order chi connectivity index (χ0) is 6.28. The zero-order valence-electron chi connectivity index (χ0n) is 4.30. The first kappa shape index (κ1) is 4.96. The molecule has 0 aliphatic rings. The predicted molar refractivity (Wildman–Crippen MR) is 20.0 cm³/mol. The highest BCUT2D eigenvalue weighted by molar-refractivity contribution is 5.62. The van der Waals surface area contributed by atoms with E-state index in [4.69, 9.17) is 16.5 Å². The van der Waals surface area contributed by atoms with Crippen LogP contribution in [0.1, 0.15) is 8.29 Å². The molecule has 0 atom stereocenters. The Morgan fingerprint density at radius 1 is 2.33 bits per heavy atom. The first-order valence-corrected chi connectivity index (χ1v) is 1.15. The van der Waals surface area contributed by atoms with Crippen LogP contribution in [-0.2, 0) is 4.79 Å². The van der Waals surface area contributed by atoms with Crippen molar-refractivity contribution >= 4 is 5.97 Å². The lowest BCUT2D eigenvalue weighted by atomic mass is 10.9. The van der Waals surface area contributed by atoms with E-state index in [2.05, 4.69) is 0 Å². The third-order valence-electron chi connectivity index (χ3n) is 0. The average molecular weight is 89.1 g/mol. The standard InChI is InChI=1S/C2H4O2.CHN/c1-2(3)4;1-2/h1H3,(H,3,4);1H/i;1T. The summed E-state index contributed by atoms with van der Waals surface area (Å²) in [4.78, 5) is 9.00. The Morgan fingerprint density at radius 2 is 2.33 bits per heavy atom. The first-order valence-electron chi connectivity index (χ1n) is 1.65. The highest BCUT2D eigenvalue weighted by Crippen LogP contribution is 1.42. The number of nitriles is 1. The maximum absolute atomic E-state index is 9.00. The summed E-state index contributed by atoms with van der Waals surface area (Å²) < 4.78 is 5.51. The van der Waals surface area contributed by atoms with Crippen molar-refractivity contribution in [3.05, 3.63) is 0 Å².